The quantitative estimate of drug-likeness (QED) is 0.366. The molecule has 8 rings (SSSR count). The number of hydrogen-bond donors (Lipinski definition) is 3. The zero-order valence-corrected chi connectivity index (χ0v) is 23.2. The Kier molecular flexibility index (Phi) is 6.15. The molecule has 43 heavy (non-hydrogen) atoms. The summed E-state index contributed by atoms with van der Waals surface area (Å²) in [6.07, 6.45) is -0.631. The van der Waals surface area contributed by atoms with Gasteiger partial charge in [0, 0.05) is 25.3 Å². The second kappa shape index (κ2) is 9.40. The Labute approximate surface area is 241 Å². The third-order valence-corrected chi connectivity index (χ3v) is 9.46. The summed E-state index contributed by atoms with van der Waals surface area (Å²) >= 11 is 0. The van der Waals surface area contributed by atoms with Crippen LogP contribution in [0, 0.1) is 18.3 Å². The zero-order valence-electron chi connectivity index (χ0n) is 23.2. The minimum absolute atomic E-state index is 0.0514. The molecule has 3 aromatic rings. The first-order chi connectivity index (χ1) is 20.3. The van der Waals surface area contributed by atoms with Gasteiger partial charge in [0.05, 0.1) is 23.5 Å². The molecule has 11 nitrogen and oxygen atoms in total. The van der Waals surface area contributed by atoms with E-state index >= 15 is 0 Å². The number of H-pyrrole nitrogens is 1. The van der Waals surface area contributed by atoms with Crippen molar-refractivity contribution in [3.63, 3.8) is 0 Å². The van der Waals surface area contributed by atoms with Gasteiger partial charge in [-0.15, -0.1) is 0 Å². The molecule has 0 radical (unpaired) electrons. The van der Waals surface area contributed by atoms with E-state index in [9.17, 15) is 31.5 Å². The molecular weight excluding hydrogens is 579 g/mol. The van der Waals surface area contributed by atoms with Gasteiger partial charge in [-0.2, -0.15) is 15.0 Å². The highest BCUT2D eigenvalue weighted by Crippen LogP contribution is 2.70. The summed E-state index contributed by atoms with van der Waals surface area (Å²) in [5.41, 5.74) is -1.38. The molecule has 5 aliphatic rings. The van der Waals surface area contributed by atoms with Crippen molar-refractivity contribution in [2.45, 2.75) is 81.8 Å². The van der Waals surface area contributed by atoms with Crippen LogP contribution < -0.4 is 10.3 Å². The molecule has 2 bridgehead atoms. The number of aromatic nitrogens is 5. The van der Waals surface area contributed by atoms with Crippen LogP contribution in [0.1, 0.15) is 79.4 Å². The number of alkyl halides is 5. The molecule has 3 aromatic heterocycles. The lowest BCUT2D eigenvalue weighted by molar-refractivity contribution is -0.961. The van der Waals surface area contributed by atoms with E-state index in [1.54, 1.807) is 6.07 Å². The topological polar surface area (TPSA) is 134 Å². The van der Waals surface area contributed by atoms with Crippen LogP contribution in [0.4, 0.5) is 27.8 Å². The lowest BCUT2D eigenvalue weighted by atomic mass is 9.42. The van der Waals surface area contributed by atoms with Crippen LogP contribution in [0.5, 0.6) is 0 Å². The zero-order chi connectivity index (χ0) is 30.4. The number of amides is 2. The molecule has 4 heterocycles. The predicted molar refractivity (Wildman–Crippen MR) is 137 cm³/mol. The van der Waals surface area contributed by atoms with Crippen molar-refractivity contribution in [2.24, 2.45) is 11.3 Å². The number of imidazole rings is 1. The third-order valence-electron chi connectivity index (χ3n) is 9.46. The number of fused-ring (bicyclic) bond motifs is 1. The van der Waals surface area contributed by atoms with Crippen LogP contribution in [0.15, 0.2) is 16.8 Å². The molecule has 0 spiro atoms. The Morgan fingerprint density at radius 3 is 2.42 bits per heavy atom. The van der Waals surface area contributed by atoms with Crippen molar-refractivity contribution in [1.29, 1.82) is 0 Å². The molecule has 1 saturated heterocycles. The van der Waals surface area contributed by atoms with Crippen molar-refractivity contribution in [3.05, 3.63) is 29.3 Å². The van der Waals surface area contributed by atoms with Crippen LogP contribution in [-0.2, 0) is 4.79 Å². The first-order valence-electron chi connectivity index (χ1n) is 14.4. The Hall–Kier alpha value is -3.69. The van der Waals surface area contributed by atoms with Gasteiger partial charge in [0.25, 0.3) is 23.6 Å². The van der Waals surface area contributed by atoms with E-state index in [0.29, 0.717) is 5.52 Å². The minimum atomic E-state index is -3.05. The second-order valence-corrected chi connectivity index (χ2v) is 12.7. The van der Waals surface area contributed by atoms with Gasteiger partial charge in [0.15, 0.2) is 17.9 Å². The number of hydrogen-bond acceptors (Lipinski definition) is 7. The predicted octanol–water partition coefficient (Wildman–Crippen LogP) is 3.14. The van der Waals surface area contributed by atoms with E-state index in [2.05, 4.69) is 35.2 Å². The average Bonchev–Trinajstić information content (AvgIpc) is 3.54. The Balaban J connectivity index is 1.19. The van der Waals surface area contributed by atoms with E-state index in [0.717, 1.165) is 0 Å². The highest BCUT2D eigenvalue weighted by Gasteiger charge is 2.74. The second-order valence-electron chi connectivity index (χ2n) is 12.7. The first kappa shape index (κ1) is 28.1. The molecule has 5 fully saturated rings. The molecule has 4 aliphatic carbocycles. The fourth-order valence-corrected chi connectivity index (χ4v) is 7.14. The highest BCUT2D eigenvalue weighted by atomic mass is 19.3. The molecule has 0 aromatic carbocycles. The van der Waals surface area contributed by atoms with Crippen LogP contribution in [0.25, 0.3) is 11.2 Å². The van der Waals surface area contributed by atoms with Gasteiger partial charge in [-0.25, -0.2) is 31.6 Å². The lowest BCUT2D eigenvalue weighted by Gasteiger charge is -2.64. The molecule has 3 N–H and O–H groups in total. The van der Waals surface area contributed by atoms with Gasteiger partial charge in [-0.05, 0) is 56.2 Å². The van der Waals surface area contributed by atoms with Crippen LogP contribution in [0.2, 0.25) is 0 Å². The largest absolute Gasteiger partial charge is 0.340 e. The Morgan fingerprint density at radius 1 is 1.05 bits per heavy atom. The molecule has 4 saturated carbocycles. The van der Waals surface area contributed by atoms with E-state index in [-0.39, 0.29) is 91.1 Å². The summed E-state index contributed by atoms with van der Waals surface area (Å²) in [4.78, 5) is 38.6. The van der Waals surface area contributed by atoms with Gasteiger partial charge in [-0.3, -0.25) is 9.59 Å². The molecular formula is C27H30F5N8O3+. The first-order valence-corrected chi connectivity index (χ1v) is 14.4. The number of rotatable bonds is 6. The normalized spacial score (nSPS) is 30.4. The van der Waals surface area contributed by atoms with E-state index in [1.807, 2.05) is 0 Å². The number of quaternary nitrogens is 1. The molecule has 2 atom stereocenters. The van der Waals surface area contributed by atoms with Gasteiger partial charge >= 0.3 is 0 Å². The number of carbonyl (C=O) groups excluding carboxylic acids is 2. The van der Waals surface area contributed by atoms with Crippen molar-refractivity contribution >= 4 is 28.8 Å². The summed E-state index contributed by atoms with van der Waals surface area (Å²) in [5.74, 6) is -6.81. The Bertz CT molecular complexity index is 1580. The summed E-state index contributed by atoms with van der Waals surface area (Å²) in [6.45, 7) is 0.633. The van der Waals surface area contributed by atoms with Crippen molar-refractivity contribution in [1.82, 2.24) is 35.6 Å². The maximum absolute atomic E-state index is 14.6. The van der Waals surface area contributed by atoms with Crippen molar-refractivity contribution in [2.75, 3.05) is 13.1 Å². The SMILES string of the molecule is Cc1nonc1C(=O)N[C@H](c1nc2nc([NH+]3CC(F)(F)CCN3C(=O)C34CC(F)(C3)C4)ccc2[nH]1)C1CCC(F)(F)CC1. The fraction of sp³-hybridized carbons (Fsp3) is 0.630. The molecule has 1 unspecified atom stereocenters. The monoisotopic (exact) mass is 609 g/mol. The van der Waals surface area contributed by atoms with E-state index in [4.69, 9.17) is 0 Å². The number of aromatic amines is 1. The van der Waals surface area contributed by atoms with Gasteiger partial charge in [-0.1, -0.05) is 5.16 Å². The number of nitrogens with zero attached hydrogens (tertiary/aromatic N) is 5. The number of carbonyl (C=O) groups is 2. The highest BCUT2D eigenvalue weighted by molar-refractivity contribution is 5.93. The number of nitrogens with one attached hydrogen (secondary N) is 3. The van der Waals surface area contributed by atoms with E-state index < -0.39 is 53.8 Å². The number of pyridine rings is 1. The molecule has 1 aliphatic heterocycles. The maximum atomic E-state index is 14.6. The third kappa shape index (κ3) is 4.83. The van der Waals surface area contributed by atoms with Crippen molar-refractivity contribution in [3.8, 4) is 0 Å². The Morgan fingerprint density at radius 2 is 1.77 bits per heavy atom. The average molecular weight is 610 g/mol. The summed E-state index contributed by atoms with van der Waals surface area (Å²) in [6, 6.07) is 2.28. The van der Waals surface area contributed by atoms with Gasteiger partial charge in [0.1, 0.15) is 17.2 Å². The van der Waals surface area contributed by atoms with Crippen LogP contribution >= 0.6 is 0 Å². The molecule has 16 heteroatoms. The van der Waals surface area contributed by atoms with E-state index in [1.165, 1.54) is 18.0 Å². The summed E-state index contributed by atoms with van der Waals surface area (Å²) < 4.78 is 76.0. The number of aryl methyl sites for hydroxylation is 1. The maximum Gasteiger partial charge on any atom is 0.300 e. The molecule has 2 amide bonds. The fourth-order valence-electron chi connectivity index (χ4n) is 7.14. The summed E-state index contributed by atoms with van der Waals surface area (Å²) in [7, 11) is 0. The summed E-state index contributed by atoms with van der Waals surface area (Å²) in [5, 5.41) is 11.5. The lowest BCUT2D eigenvalue weighted by Crippen LogP contribution is -3.18. The van der Waals surface area contributed by atoms with Crippen LogP contribution in [-0.4, -0.2) is 72.7 Å². The van der Waals surface area contributed by atoms with Crippen molar-refractivity contribution < 1.29 is 41.2 Å². The smallest absolute Gasteiger partial charge is 0.300 e. The molecule has 230 valence electrons. The van der Waals surface area contributed by atoms with Gasteiger partial charge < -0.3 is 10.3 Å². The minimum Gasteiger partial charge on any atom is -0.340 e. The van der Waals surface area contributed by atoms with Crippen LogP contribution in [0.3, 0.4) is 0 Å². The number of halogens is 5. The standard InChI is InChI=1S/C27H29F5N8O3/c1-14-18(38-43-37-14)22(41)35-19(15-4-6-26(29,30)7-5-15)21-33-16-2-3-17(34-20(16)36-21)40-13-27(31,32)8-9-39(40)23(42)24-10-25(28,11-24)12-24/h2-3,15,19H,4-13H2,1H3,(H,35,41)(H,33,34,36)/p+1/t19-,24?,25?/m0/s1. The van der Waals surface area contributed by atoms with Gasteiger partial charge in [0.2, 0.25) is 5.92 Å².